The van der Waals surface area contributed by atoms with Crippen LogP contribution in [0.3, 0.4) is 0 Å². The maximum Gasteiger partial charge on any atom is 0.343 e. The second kappa shape index (κ2) is 9.72. The van der Waals surface area contributed by atoms with Crippen LogP contribution >= 0.6 is 0 Å². The molecule has 3 rings (SSSR count). The first-order valence-electron chi connectivity index (χ1n) is 10.6. The summed E-state index contributed by atoms with van der Waals surface area (Å²) in [6, 6.07) is 9.93. The van der Waals surface area contributed by atoms with E-state index in [0.717, 1.165) is 31.2 Å². The van der Waals surface area contributed by atoms with Crippen molar-refractivity contribution in [2.75, 3.05) is 18.1 Å². The molecule has 0 radical (unpaired) electrons. The number of esters is 1. The number of anilines is 1. The largest absolute Gasteiger partial charge is 0.462 e. The van der Waals surface area contributed by atoms with E-state index >= 15 is 0 Å². The molecule has 0 saturated heterocycles. The molecule has 1 aromatic heterocycles. The SMILES string of the molecule is CCOC(=O)c1cn(Cc2ccccc2)nc1N(CC)C(=O)[C@H]1CC[C@H](C)CC1. The summed E-state index contributed by atoms with van der Waals surface area (Å²) in [6.45, 7) is 7.22. The Morgan fingerprint density at radius 2 is 1.83 bits per heavy atom. The molecule has 156 valence electrons. The molecule has 1 heterocycles. The molecule has 0 atom stereocenters. The third kappa shape index (κ3) is 5.05. The fraction of sp³-hybridized carbons (Fsp3) is 0.522. The summed E-state index contributed by atoms with van der Waals surface area (Å²) in [6.07, 6.45) is 5.63. The molecular formula is C23H31N3O3. The normalized spacial score (nSPS) is 19.0. The molecule has 0 aliphatic heterocycles. The zero-order valence-electron chi connectivity index (χ0n) is 17.6. The minimum absolute atomic E-state index is 0.000434. The van der Waals surface area contributed by atoms with Gasteiger partial charge in [-0.3, -0.25) is 14.4 Å². The van der Waals surface area contributed by atoms with Crippen LogP contribution in [0, 0.1) is 11.8 Å². The molecule has 0 unspecified atom stereocenters. The Morgan fingerprint density at radius 1 is 1.14 bits per heavy atom. The van der Waals surface area contributed by atoms with E-state index in [1.807, 2.05) is 37.3 Å². The predicted molar refractivity (Wildman–Crippen MR) is 113 cm³/mol. The highest BCUT2D eigenvalue weighted by Gasteiger charge is 2.32. The van der Waals surface area contributed by atoms with Crippen LogP contribution in [-0.2, 0) is 16.1 Å². The molecule has 2 aromatic rings. The average molecular weight is 398 g/mol. The van der Waals surface area contributed by atoms with Crippen LogP contribution in [0.5, 0.6) is 0 Å². The molecule has 1 amide bonds. The van der Waals surface area contributed by atoms with E-state index in [-0.39, 0.29) is 18.4 Å². The number of carbonyl (C=O) groups excluding carboxylic acids is 2. The molecule has 6 heteroatoms. The van der Waals surface area contributed by atoms with Gasteiger partial charge in [-0.1, -0.05) is 37.3 Å². The maximum atomic E-state index is 13.3. The van der Waals surface area contributed by atoms with Gasteiger partial charge in [0.2, 0.25) is 5.91 Å². The third-order valence-corrected chi connectivity index (χ3v) is 5.63. The molecule has 6 nitrogen and oxygen atoms in total. The Balaban J connectivity index is 1.89. The summed E-state index contributed by atoms with van der Waals surface area (Å²) in [5.74, 6) is 0.709. The van der Waals surface area contributed by atoms with Crippen LogP contribution in [0.4, 0.5) is 5.82 Å². The van der Waals surface area contributed by atoms with Gasteiger partial charge in [-0.05, 0) is 51.0 Å². The number of amides is 1. The van der Waals surface area contributed by atoms with Gasteiger partial charge in [-0.15, -0.1) is 0 Å². The Bertz CT molecular complexity index is 823. The van der Waals surface area contributed by atoms with Crippen molar-refractivity contribution >= 4 is 17.7 Å². The summed E-state index contributed by atoms with van der Waals surface area (Å²) >= 11 is 0. The molecule has 0 spiro atoms. The Hall–Kier alpha value is -2.63. The smallest absolute Gasteiger partial charge is 0.343 e. The van der Waals surface area contributed by atoms with Gasteiger partial charge in [-0.2, -0.15) is 5.10 Å². The van der Waals surface area contributed by atoms with Crippen LogP contribution < -0.4 is 4.90 Å². The zero-order chi connectivity index (χ0) is 20.8. The van der Waals surface area contributed by atoms with Crippen LogP contribution in [0.2, 0.25) is 0 Å². The molecule has 1 aliphatic carbocycles. The van der Waals surface area contributed by atoms with E-state index in [1.54, 1.807) is 22.7 Å². The van der Waals surface area contributed by atoms with Gasteiger partial charge in [0.25, 0.3) is 0 Å². The second-order valence-electron chi connectivity index (χ2n) is 7.81. The lowest BCUT2D eigenvalue weighted by atomic mass is 9.82. The number of hydrogen-bond donors (Lipinski definition) is 0. The number of aromatic nitrogens is 2. The van der Waals surface area contributed by atoms with Crippen molar-refractivity contribution in [3.05, 3.63) is 47.7 Å². The molecule has 29 heavy (non-hydrogen) atoms. The van der Waals surface area contributed by atoms with Crippen LogP contribution in [0.1, 0.15) is 62.4 Å². The zero-order valence-corrected chi connectivity index (χ0v) is 17.6. The van der Waals surface area contributed by atoms with Crippen LogP contribution in [-0.4, -0.2) is 34.8 Å². The van der Waals surface area contributed by atoms with Gasteiger partial charge in [0.1, 0.15) is 5.56 Å². The fourth-order valence-electron chi connectivity index (χ4n) is 3.95. The van der Waals surface area contributed by atoms with E-state index in [2.05, 4.69) is 12.0 Å². The molecule has 0 bridgehead atoms. The summed E-state index contributed by atoms with van der Waals surface area (Å²) in [7, 11) is 0. The van der Waals surface area contributed by atoms with Gasteiger partial charge in [-0.25, -0.2) is 4.79 Å². The van der Waals surface area contributed by atoms with E-state index in [9.17, 15) is 9.59 Å². The number of hydrogen-bond acceptors (Lipinski definition) is 4. The molecule has 1 saturated carbocycles. The minimum atomic E-state index is -0.440. The lowest BCUT2D eigenvalue weighted by Crippen LogP contribution is -2.38. The summed E-state index contributed by atoms with van der Waals surface area (Å²) < 4.78 is 6.95. The number of benzene rings is 1. The summed E-state index contributed by atoms with van der Waals surface area (Å²) in [5, 5.41) is 4.63. The monoisotopic (exact) mass is 397 g/mol. The number of carbonyl (C=O) groups is 2. The van der Waals surface area contributed by atoms with Gasteiger partial charge in [0.05, 0.1) is 13.2 Å². The standard InChI is InChI=1S/C23H31N3O3/c1-4-26(22(27)19-13-11-17(3)12-14-19)21-20(23(28)29-5-2)16-25(24-21)15-18-9-7-6-8-10-18/h6-10,16-17,19H,4-5,11-15H2,1-3H3/t17-,19-. The molecule has 1 aromatic carbocycles. The highest BCUT2D eigenvalue weighted by atomic mass is 16.5. The van der Waals surface area contributed by atoms with Crippen LogP contribution in [0.15, 0.2) is 36.5 Å². The first-order valence-corrected chi connectivity index (χ1v) is 10.6. The second-order valence-corrected chi connectivity index (χ2v) is 7.81. The minimum Gasteiger partial charge on any atom is -0.462 e. The number of nitrogens with zero attached hydrogens (tertiary/aromatic N) is 3. The number of rotatable bonds is 7. The van der Waals surface area contributed by atoms with Crippen LogP contribution in [0.25, 0.3) is 0 Å². The third-order valence-electron chi connectivity index (χ3n) is 5.63. The Morgan fingerprint density at radius 3 is 2.45 bits per heavy atom. The molecule has 1 fully saturated rings. The fourth-order valence-corrected chi connectivity index (χ4v) is 3.95. The van der Waals surface area contributed by atoms with Crippen molar-refractivity contribution in [3.8, 4) is 0 Å². The Kier molecular flexibility index (Phi) is 7.07. The van der Waals surface area contributed by atoms with Crippen molar-refractivity contribution in [3.63, 3.8) is 0 Å². The van der Waals surface area contributed by atoms with Crippen molar-refractivity contribution in [1.29, 1.82) is 0 Å². The summed E-state index contributed by atoms with van der Waals surface area (Å²) in [5.41, 5.74) is 1.43. The molecule has 1 aliphatic rings. The van der Waals surface area contributed by atoms with E-state index < -0.39 is 5.97 Å². The first-order chi connectivity index (χ1) is 14.0. The van der Waals surface area contributed by atoms with Gasteiger partial charge in [0, 0.05) is 18.7 Å². The first kappa shape index (κ1) is 21.1. The maximum absolute atomic E-state index is 13.3. The van der Waals surface area contributed by atoms with E-state index in [4.69, 9.17) is 4.74 Å². The van der Waals surface area contributed by atoms with Crippen molar-refractivity contribution < 1.29 is 14.3 Å². The highest BCUT2D eigenvalue weighted by Crippen LogP contribution is 2.31. The summed E-state index contributed by atoms with van der Waals surface area (Å²) in [4.78, 5) is 27.5. The molecular weight excluding hydrogens is 366 g/mol. The number of ether oxygens (including phenoxy) is 1. The van der Waals surface area contributed by atoms with Gasteiger partial charge >= 0.3 is 5.97 Å². The topological polar surface area (TPSA) is 64.4 Å². The van der Waals surface area contributed by atoms with Crippen molar-refractivity contribution in [1.82, 2.24) is 9.78 Å². The van der Waals surface area contributed by atoms with Crippen molar-refractivity contribution in [2.45, 2.75) is 53.0 Å². The molecule has 0 N–H and O–H groups in total. The van der Waals surface area contributed by atoms with E-state index in [0.29, 0.717) is 30.4 Å². The lowest BCUT2D eigenvalue weighted by Gasteiger charge is -2.29. The Labute approximate surface area is 172 Å². The highest BCUT2D eigenvalue weighted by molar-refractivity contribution is 6.02. The van der Waals surface area contributed by atoms with Crippen molar-refractivity contribution in [2.24, 2.45) is 11.8 Å². The lowest BCUT2D eigenvalue weighted by molar-refractivity contribution is -0.123. The van der Waals surface area contributed by atoms with Gasteiger partial charge in [0.15, 0.2) is 5.82 Å². The van der Waals surface area contributed by atoms with E-state index in [1.165, 1.54) is 0 Å². The van der Waals surface area contributed by atoms with Gasteiger partial charge < -0.3 is 4.74 Å². The average Bonchev–Trinajstić information content (AvgIpc) is 3.13. The predicted octanol–water partition coefficient (Wildman–Crippen LogP) is 4.29. The quantitative estimate of drug-likeness (QED) is 0.654.